The van der Waals surface area contributed by atoms with Crippen molar-refractivity contribution in [1.29, 1.82) is 0 Å². The summed E-state index contributed by atoms with van der Waals surface area (Å²) in [6, 6.07) is 13.8. The predicted octanol–water partition coefficient (Wildman–Crippen LogP) is 3.16. The molecule has 0 radical (unpaired) electrons. The molecule has 1 heterocycles. The predicted molar refractivity (Wildman–Crippen MR) is 72.4 cm³/mol. The molecule has 0 unspecified atom stereocenters. The lowest BCUT2D eigenvalue weighted by atomic mass is 10.2. The van der Waals surface area contributed by atoms with Gasteiger partial charge in [0.05, 0.1) is 5.69 Å². The minimum absolute atomic E-state index is 0.216. The average Bonchev–Trinajstić information content (AvgIpc) is 2.80. The monoisotopic (exact) mass is 255 g/mol. The van der Waals surface area contributed by atoms with Crippen LogP contribution in [0.15, 0.2) is 48.5 Å². The Kier molecular flexibility index (Phi) is 2.76. The summed E-state index contributed by atoms with van der Waals surface area (Å²) in [4.78, 5) is 3.18. The third-order valence-electron chi connectivity index (χ3n) is 2.89. The van der Waals surface area contributed by atoms with Crippen molar-refractivity contribution in [1.82, 2.24) is 4.98 Å². The van der Waals surface area contributed by atoms with E-state index in [4.69, 9.17) is 4.74 Å². The van der Waals surface area contributed by atoms with Gasteiger partial charge in [-0.2, -0.15) is 0 Å². The zero-order chi connectivity index (χ0) is 13.2. The Labute approximate surface area is 109 Å². The first-order valence-corrected chi connectivity index (χ1v) is 5.93. The molecule has 0 aliphatic carbocycles. The van der Waals surface area contributed by atoms with Gasteiger partial charge < -0.3 is 19.9 Å². The van der Waals surface area contributed by atoms with Crippen molar-refractivity contribution in [3.8, 4) is 17.2 Å². The Bertz CT molecular complexity index is 701. The number of phenolic OH excluding ortho intramolecular Hbond substituents is 2. The summed E-state index contributed by atoms with van der Waals surface area (Å²) in [6.45, 7) is 0.403. The molecule has 4 heteroatoms. The van der Waals surface area contributed by atoms with Crippen LogP contribution in [0.25, 0.3) is 10.9 Å². The van der Waals surface area contributed by atoms with Crippen molar-refractivity contribution in [2.24, 2.45) is 0 Å². The molecular formula is C15H13NO3. The number of nitrogens with one attached hydrogen (secondary N) is 1. The van der Waals surface area contributed by atoms with Crippen molar-refractivity contribution in [3.63, 3.8) is 0 Å². The summed E-state index contributed by atoms with van der Waals surface area (Å²) in [6.07, 6.45) is 0. The number of aromatic amines is 1. The molecule has 0 bridgehead atoms. The number of phenols is 2. The van der Waals surface area contributed by atoms with Gasteiger partial charge in [0.1, 0.15) is 23.9 Å². The van der Waals surface area contributed by atoms with Gasteiger partial charge in [0.25, 0.3) is 0 Å². The van der Waals surface area contributed by atoms with E-state index in [1.807, 2.05) is 12.1 Å². The first-order chi connectivity index (χ1) is 9.20. The van der Waals surface area contributed by atoms with Crippen LogP contribution in [-0.2, 0) is 6.61 Å². The van der Waals surface area contributed by atoms with Crippen molar-refractivity contribution in [2.75, 3.05) is 0 Å². The number of aromatic nitrogens is 1. The number of fused-ring (bicyclic) bond motifs is 1. The van der Waals surface area contributed by atoms with Crippen molar-refractivity contribution >= 4 is 10.9 Å². The molecule has 0 aliphatic heterocycles. The smallest absolute Gasteiger partial charge is 0.128 e. The van der Waals surface area contributed by atoms with Crippen LogP contribution in [0.5, 0.6) is 17.2 Å². The van der Waals surface area contributed by atoms with E-state index in [1.165, 1.54) is 0 Å². The van der Waals surface area contributed by atoms with Gasteiger partial charge in [-0.25, -0.2) is 0 Å². The van der Waals surface area contributed by atoms with E-state index in [0.29, 0.717) is 12.4 Å². The molecule has 19 heavy (non-hydrogen) atoms. The van der Waals surface area contributed by atoms with E-state index in [1.54, 1.807) is 36.4 Å². The standard InChI is InChI=1S/C15H13NO3/c17-12-3-5-14(6-4-12)19-9-11-7-10-1-2-13(18)8-15(10)16-11/h1-8,16-18H,9H2. The number of rotatable bonds is 3. The molecule has 0 atom stereocenters. The Morgan fingerprint density at radius 3 is 2.42 bits per heavy atom. The van der Waals surface area contributed by atoms with Gasteiger partial charge >= 0.3 is 0 Å². The molecular weight excluding hydrogens is 242 g/mol. The highest BCUT2D eigenvalue weighted by Crippen LogP contribution is 2.22. The summed E-state index contributed by atoms with van der Waals surface area (Å²) in [5.74, 6) is 1.15. The fourth-order valence-electron chi connectivity index (χ4n) is 1.96. The Morgan fingerprint density at radius 2 is 1.63 bits per heavy atom. The highest BCUT2D eigenvalue weighted by atomic mass is 16.5. The SMILES string of the molecule is Oc1ccc(OCc2cc3ccc(O)cc3[nH]2)cc1. The van der Waals surface area contributed by atoms with Gasteiger partial charge in [-0.05, 0) is 42.5 Å². The molecule has 0 saturated heterocycles. The maximum absolute atomic E-state index is 9.40. The van der Waals surface area contributed by atoms with Crippen molar-refractivity contribution in [3.05, 3.63) is 54.2 Å². The highest BCUT2D eigenvalue weighted by molar-refractivity contribution is 5.81. The Morgan fingerprint density at radius 1 is 0.895 bits per heavy atom. The first-order valence-electron chi connectivity index (χ1n) is 5.93. The van der Waals surface area contributed by atoms with Crippen LogP contribution in [0.2, 0.25) is 0 Å². The van der Waals surface area contributed by atoms with E-state index in [0.717, 1.165) is 16.6 Å². The van der Waals surface area contributed by atoms with Gasteiger partial charge in [-0.1, -0.05) is 0 Å². The molecule has 3 N–H and O–H groups in total. The van der Waals surface area contributed by atoms with Crippen LogP contribution in [0.1, 0.15) is 5.69 Å². The molecule has 0 amide bonds. The highest BCUT2D eigenvalue weighted by Gasteiger charge is 2.02. The first kappa shape index (κ1) is 11.5. The molecule has 3 rings (SSSR count). The minimum atomic E-state index is 0.216. The molecule has 0 fully saturated rings. The third-order valence-corrected chi connectivity index (χ3v) is 2.89. The van der Waals surface area contributed by atoms with Gasteiger partial charge in [-0.3, -0.25) is 0 Å². The number of hydrogen-bond acceptors (Lipinski definition) is 3. The average molecular weight is 255 g/mol. The van der Waals surface area contributed by atoms with E-state index >= 15 is 0 Å². The summed E-state index contributed by atoms with van der Waals surface area (Å²) in [7, 11) is 0. The second-order valence-electron chi connectivity index (χ2n) is 4.35. The summed E-state index contributed by atoms with van der Waals surface area (Å²) in [5.41, 5.74) is 1.80. The van der Waals surface area contributed by atoms with Crippen molar-refractivity contribution in [2.45, 2.75) is 6.61 Å². The number of H-pyrrole nitrogens is 1. The second kappa shape index (κ2) is 4.57. The molecule has 1 aromatic heterocycles. The fourth-order valence-corrected chi connectivity index (χ4v) is 1.96. The molecule has 0 aliphatic rings. The van der Waals surface area contributed by atoms with Crippen LogP contribution in [-0.4, -0.2) is 15.2 Å². The molecule has 4 nitrogen and oxygen atoms in total. The minimum Gasteiger partial charge on any atom is -0.508 e. The van der Waals surface area contributed by atoms with Crippen LogP contribution in [0.3, 0.4) is 0 Å². The summed E-state index contributed by atoms with van der Waals surface area (Å²) < 4.78 is 5.60. The number of benzene rings is 2. The van der Waals surface area contributed by atoms with Crippen LogP contribution in [0, 0.1) is 0 Å². The molecule has 0 saturated carbocycles. The largest absolute Gasteiger partial charge is 0.508 e. The van der Waals surface area contributed by atoms with Crippen molar-refractivity contribution < 1.29 is 14.9 Å². The van der Waals surface area contributed by atoms with Gasteiger partial charge in [0.15, 0.2) is 0 Å². The lowest BCUT2D eigenvalue weighted by Gasteiger charge is -2.04. The van der Waals surface area contributed by atoms with E-state index in [-0.39, 0.29) is 11.5 Å². The molecule has 2 aromatic carbocycles. The van der Waals surface area contributed by atoms with Crippen LogP contribution < -0.4 is 4.74 Å². The van der Waals surface area contributed by atoms with Gasteiger partial charge in [0, 0.05) is 17.0 Å². The zero-order valence-electron chi connectivity index (χ0n) is 10.1. The second-order valence-corrected chi connectivity index (χ2v) is 4.35. The molecule has 0 spiro atoms. The van der Waals surface area contributed by atoms with E-state index < -0.39 is 0 Å². The number of hydrogen-bond donors (Lipinski definition) is 3. The van der Waals surface area contributed by atoms with E-state index in [2.05, 4.69) is 4.98 Å². The third kappa shape index (κ3) is 2.47. The van der Waals surface area contributed by atoms with Crippen LogP contribution in [0.4, 0.5) is 0 Å². The quantitative estimate of drug-likeness (QED) is 0.673. The Hall–Kier alpha value is -2.62. The normalized spacial score (nSPS) is 10.7. The summed E-state index contributed by atoms with van der Waals surface area (Å²) in [5, 5.41) is 19.6. The molecule has 3 aromatic rings. The maximum Gasteiger partial charge on any atom is 0.128 e. The summed E-state index contributed by atoms with van der Waals surface area (Å²) >= 11 is 0. The lowest BCUT2D eigenvalue weighted by molar-refractivity contribution is 0.302. The maximum atomic E-state index is 9.40. The lowest BCUT2D eigenvalue weighted by Crippen LogP contribution is -1.94. The van der Waals surface area contributed by atoms with E-state index in [9.17, 15) is 10.2 Å². The van der Waals surface area contributed by atoms with Gasteiger partial charge in [-0.15, -0.1) is 0 Å². The molecule has 96 valence electrons. The van der Waals surface area contributed by atoms with Crippen LogP contribution >= 0.6 is 0 Å². The van der Waals surface area contributed by atoms with Gasteiger partial charge in [0.2, 0.25) is 0 Å². The number of ether oxygens (including phenoxy) is 1. The topological polar surface area (TPSA) is 65.5 Å². The fraction of sp³-hybridized carbons (Fsp3) is 0.0667. The zero-order valence-corrected chi connectivity index (χ0v) is 10.1. The Balaban J connectivity index is 1.76. The number of aromatic hydroxyl groups is 2.